The minimum atomic E-state index is -0.192. The summed E-state index contributed by atoms with van der Waals surface area (Å²) < 4.78 is 6.02. The van der Waals surface area contributed by atoms with Gasteiger partial charge in [-0.25, -0.2) is 0 Å². The fourth-order valence-corrected chi connectivity index (χ4v) is 4.96. The lowest BCUT2D eigenvalue weighted by atomic mass is 9.86. The van der Waals surface area contributed by atoms with Crippen molar-refractivity contribution in [3.63, 3.8) is 0 Å². The van der Waals surface area contributed by atoms with Gasteiger partial charge in [0.25, 0.3) is 11.8 Å². The highest BCUT2D eigenvalue weighted by Gasteiger charge is 2.30. The fraction of sp³-hybridized carbons (Fsp3) is 0.290. The Labute approximate surface area is 212 Å². The van der Waals surface area contributed by atoms with Crippen molar-refractivity contribution in [2.24, 2.45) is 5.92 Å². The lowest BCUT2D eigenvalue weighted by molar-refractivity contribution is -0.117. The highest BCUT2D eigenvalue weighted by molar-refractivity contribution is 6.09. The van der Waals surface area contributed by atoms with Crippen molar-refractivity contribution in [2.75, 3.05) is 4.90 Å². The van der Waals surface area contributed by atoms with E-state index in [0.29, 0.717) is 23.8 Å². The molecular weight excluding hydrogens is 448 g/mol. The minimum absolute atomic E-state index is 0.0452. The normalized spacial score (nSPS) is 20.6. The van der Waals surface area contributed by atoms with E-state index in [9.17, 15) is 9.59 Å². The van der Waals surface area contributed by atoms with Crippen LogP contribution in [-0.4, -0.2) is 17.9 Å². The number of ether oxygens (including phenoxy) is 1. The Morgan fingerprint density at radius 2 is 1.72 bits per heavy atom. The van der Waals surface area contributed by atoms with Gasteiger partial charge in [0, 0.05) is 11.6 Å². The Morgan fingerprint density at radius 3 is 2.47 bits per heavy atom. The van der Waals surface area contributed by atoms with E-state index in [4.69, 9.17) is 4.74 Å². The summed E-state index contributed by atoms with van der Waals surface area (Å²) in [5.74, 6) is 1.17. The molecule has 1 aliphatic heterocycles. The van der Waals surface area contributed by atoms with Crippen LogP contribution in [0, 0.1) is 12.8 Å². The zero-order chi connectivity index (χ0) is 25.1. The summed E-state index contributed by atoms with van der Waals surface area (Å²) in [7, 11) is 0. The largest absolute Gasteiger partial charge is 0.449 e. The molecule has 5 nitrogen and oxygen atoms in total. The Morgan fingerprint density at radius 1 is 1.00 bits per heavy atom. The number of hydrogen-bond acceptors (Lipinski definition) is 3. The maximum atomic E-state index is 13.5. The molecule has 1 saturated carbocycles. The molecule has 0 radical (unpaired) electrons. The number of fused-ring (bicyclic) bond motifs is 1. The maximum Gasteiger partial charge on any atom is 0.294 e. The van der Waals surface area contributed by atoms with E-state index >= 15 is 0 Å². The first-order valence-corrected chi connectivity index (χ1v) is 12.7. The van der Waals surface area contributed by atoms with E-state index in [0.717, 1.165) is 29.7 Å². The van der Waals surface area contributed by atoms with Gasteiger partial charge in [-0.3, -0.25) is 14.5 Å². The second kappa shape index (κ2) is 10.4. The molecule has 184 valence electrons. The number of nitrogens with one attached hydrogen (secondary N) is 1. The molecule has 36 heavy (non-hydrogen) atoms. The molecule has 5 rings (SSSR count). The van der Waals surface area contributed by atoms with Crippen LogP contribution < -0.4 is 15.0 Å². The smallest absolute Gasteiger partial charge is 0.294 e. The van der Waals surface area contributed by atoms with Crippen molar-refractivity contribution in [2.45, 2.75) is 52.1 Å². The van der Waals surface area contributed by atoms with Crippen LogP contribution in [0.2, 0.25) is 0 Å². The number of aryl methyl sites for hydroxylation is 1. The van der Waals surface area contributed by atoms with Crippen LogP contribution in [0.25, 0.3) is 6.08 Å². The van der Waals surface area contributed by atoms with Crippen LogP contribution in [0.15, 0.2) is 78.6 Å². The van der Waals surface area contributed by atoms with Gasteiger partial charge in [0.15, 0.2) is 11.5 Å². The number of anilines is 1. The summed E-state index contributed by atoms with van der Waals surface area (Å²) in [6, 6.07) is 23.3. The van der Waals surface area contributed by atoms with Crippen LogP contribution in [0.3, 0.4) is 0 Å². The van der Waals surface area contributed by atoms with Crippen LogP contribution in [0.4, 0.5) is 5.69 Å². The number of para-hydroxylation sites is 2. The third-order valence-electron chi connectivity index (χ3n) is 7.19. The predicted molar refractivity (Wildman–Crippen MR) is 143 cm³/mol. The molecule has 1 heterocycles. The van der Waals surface area contributed by atoms with Crippen LogP contribution in [-0.2, 0) is 11.3 Å². The van der Waals surface area contributed by atoms with Crippen LogP contribution in [0.5, 0.6) is 5.75 Å². The molecule has 2 atom stereocenters. The summed E-state index contributed by atoms with van der Waals surface area (Å²) >= 11 is 0. The van der Waals surface area contributed by atoms with E-state index < -0.39 is 0 Å². The zero-order valence-corrected chi connectivity index (χ0v) is 20.9. The molecule has 5 heteroatoms. The van der Waals surface area contributed by atoms with Crippen molar-refractivity contribution in [1.82, 2.24) is 5.32 Å². The van der Waals surface area contributed by atoms with Crippen LogP contribution >= 0.6 is 0 Å². The Hall–Kier alpha value is -3.86. The quantitative estimate of drug-likeness (QED) is 0.438. The Kier molecular flexibility index (Phi) is 6.90. The monoisotopic (exact) mass is 480 g/mol. The molecule has 0 saturated heterocycles. The molecule has 1 N–H and O–H groups in total. The molecular formula is C31H32N2O3. The summed E-state index contributed by atoms with van der Waals surface area (Å²) in [4.78, 5) is 28.0. The molecule has 1 fully saturated rings. The van der Waals surface area contributed by atoms with Crippen molar-refractivity contribution < 1.29 is 14.3 Å². The van der Waals surface area contributed by atoms with Crippen molar-refractivity contribution in [1.29, 1.82) is 0 Å². The molecule has 3 aromatic rings. The van der Waals surface area contributed by atoms with E-state index in [2.05, 4.69) is 24.4 Å². The number of nitrogens with zero attached hydrogens (tertiary/aromatic N) is 1. The number of hydrogen-bond donors (Lipinski definition) is 1. The second-order valence-electron chi connectivity index (χ2n) is 9.92. The standard InChI is InChI=1S/C31H32N2O3/c1-21-11-13-24(14-12-21)20-33-27-9-5-6-10-28(27)36-29(31(33)35)19-23-15-17-25(18-16-23)30(34)32-26-8-4-3-7-22(26)2/h5-6,9-19,22,26H,3-4,7-8,20H2,1-2H3,(H,32,34)/b29-19+/t22-,26+/m1/s1. The third kappa shape index (κ3) is 5.20. The average Bonchev–Trinajstić information content (AvgIpc) is 2.89. The number of carbonyl (C=O) groups is 2. The molecule has 2 aliphatic rings. The number of benzene rings is 3. The summed E-state index contributed by atoms with van der Waals surface area (Å²) in [5.41, 5.74) is 4.41. The Balaban J connectivity index is 1.35. The summed E-state index contributed by atoms with van der Waals surface area (Å²) in [6.07, 6.45) is 6.35. The fourth-order valence-electron chi connectivity index (χ4n) is 4.96. The van der Waals surface area contributed by atoms with Gasteiger partial charge in [-0.1, -0.05) is 73.9 Å². The van der Waals surface area contributed by atoms with Crippen molar-refractivity contribution in [3.05, 3.63) is 101 Å². The highest BCUT2D eigenvalue weighted by atomic mass is 16.5. The van der Waals surface area contributed by atoms with E-state index in [1.54, 1.807) is 23.1 Å². The molecule has 0 unspecified atom stereocenters. The van der Waals surface area contributed by atoms with Gasteiger partial charge < -0.3 is 10.1 Å². The Bertz CT molecular complexity index is 1280. The first kappa shape index (κ1) is 23.9. The third-order valence-corrected chi connectivity index (χ3v) is 7.19. The van der Waals surface area contributed by atoms with E-state index in [1.165, 1.54) is 18.4 Å². The van der Waals surface area contributed by atoms with Gasteiger partial charge in [-0.2, -0.15) is 0 Å². The van der Waals surface area contributed by atoms with Gasteiger partial charge in [-0.15, -0.1) is 0 Å². The molecule has 3 aromatic carbocycles. The molecule has 0 bridgehead atoms. The molecule has 1 aliphatic carbocycles. The lowest BCUT2D eigenvalue weighted by Gasteiger charge is -2.30. The second-order valence-corrected chi connectivity index (χ2v) is 9.92. The average molecular weight is 481 g/mol. The number of rotatable bonds is 5. The topological polar surface area (TPSA) is 58.6 Å². The summed E-state index contributed by atoms with van der Waals surface area (Å²) in [5, 5.41) is 3.20. The minimum Gasteiger partial charge on any atom is -0.449 e. The van der Waals surface area contributed by atoms with Crippen molar-refractivity contribution in [3.8, 4) is 5.75 Å². The van der Waals surface area contributed by atoms with Gasteiger partial charge >= 0.3 is 0 Å². The van der Waals surface area contributed by atoms with Gasteiger partial charge in [0.05, 0.1) is 12.2 Å². The lowest BCUT2D eigenvalue weighted by Crippen LogP contribution is -2.41. The van der Waals surface area contributed by atoms with Gasteiger partial charge in [0.1, 0.15) is 0 Å². The van der Waals surface area contributed by atoms with E-state index in [1.807, 2.05) is 55.5 Å². The highest BCUT2D eigenvalue weighted by Crippen LogP contribution is 2.36. The van der Waals surface area contributed by atoms with Crippen LogP contribution in [0.1, 0.15) is 59.7 Å². The zero-order valence-electron chi connectivity index (χ0n) is 20.9. The van der Waals surface area contributed by atoms with Gasteiger partial charge in [0.2, 0.25) is 0 Å². The number of amides is 2. The first-order chi connectivity index (χ1) is 17.5. The number of carbonyl (C=O) groups excluding carboxylic acids is 2. The first-order valence-electron chi connectivity index (χ1n) is 12.7. The maximum absolute atomic E-state index is 13.5. The van der Waals surface area contributed by atoms with Gasteiger partial charge in [-0.05, 0) is 67.2 Å². The summed E-state index contributed by atoms with van der Waals surface area (Å²) in [6.45, 7) is 4.71. The van der Waals surface area contributed by atoms with Crippen molar-refractivity contribution >= 4 is 23.6 Å². The molecule has 0 aromatic heterocycles. The van der Waals surface area contributed by atoms with E-state index in [-0.39, 0.29) is 23.6 Å². The molecule has 2 amide bonds. The predicted octanol–water partition coefficient (Wildman–Crippen LogP) is 6.27. The SMILES string of the molecule is Cc1ccc(CN2C(=O)/C(=C\c3ccc(C(=O)N[C@H]4CCCC[C@H]4C)cc3)Oc3ccccc32)cc1. The molecule has 0 spiro atoms.